The molecule has 18 heavy (non-hydrogen) atoms. The molecule has 0 bridgehead atoms. The Kier molecular flexibility index (Phi) is 6.57. The summed E-state index contributed by atoms with van der Waals surface area (Å²) < 4.78 is 5.64. The Hall–Kier alpha value is -0.870. The molecule has 0 rings (SSSR count). The summed E-state index contributed by atoms with van der Waals surface area (Å²) in [6, 6.07) is 0. The number of carbonyl (C=O) groups is 1. The van der Waals surface area contributed by atoms with Crippen molar-refractivity contribution in [3.8, 4) is 0 Å². The van der Waals surface area contributed by atoms with Crippen LogP contribution in [0, 0.1) is 5.41 Å². The zero-order valence-electron chi connectivity index (χ0n) is 12.3. The van der Waals surface area contributed by atoms with Gasteiger partial charge >= 0.3 is 0 Å². The molecule has 106 valence electrons. The van der Waals surface area contributed by atoms with Crippen molar-refractivity contribution in [3.05, 3.63) is 12.7 Å². The van der Waals surface area contributed by atoms with Gasteiger partial charge in [-0.15, -0.1) is 6.58 Å². The van der Waals surface area contributed by atoms with E-state index < -0.39 is 0 Å². The third-order valence-electron chi connectivity index (χ3n) is 2.80. The minimum atomic E-state index is -0.383. The summed E-state index contributed by atoms with van der Waals surface area (Å²) in [4.78, 5) is 13.3. The molecule has 0 fully saturated rings. The van der Waals surface area contributed by atoms with Crippen LogP contribution in [0.5, 0.6) is 0 Å². The van der Waals surface area contributed by atoms with Crippen molar-refractivity contribution in [2.45, 2.75) is 40.2 Å². The number of carbonyl (C=O) groups excluding carboxylic acids is 1. The molecule has 4 nitrogen and oxygen atoms in total. The minimum absolute atomic E-state index is 0.00455. The van der Waals surface area contributed by atoms with Crippen molar-refractivity contribution in [1.82, 2.24) is 4.90 Å². The van der Waals surface area contributed by atoms with Crippen LogP contribution in [0.2, 0.25) is 0 Å². The monoisotopic (exact) mass is 257 g/mol. The quantitative estimate of drug-likeness (QED) is 0.675. The molecule has 0 aliphatic rings. The highest BCUT2D eigenvalue weighted by Gasteiger charge is 2.29. The molecule has 0 spiro atoms. The van der Waals surface area contributed by atoms with Gasteiger partial charge in [0, 0.05) is 18.9 Å². The number of hydrogen-bond acceptors (Lipinski definition) is 3. The van der Waals surface area contributed by atoms with E-state index in [9.17, 15) is 4.79 Å². The first kappa shape index (κ1) is 17.1. The lowest BCUT2D eigenvalue weighted by Crippen LogP contribution is -2.50. The number of aliphatic hydroxyl groups is 1. The minimum Gasteiger partial charge on any atom is -0.396 e. The van der Waals surface area contributed by atoms with Gasteiger partial charge in [-0.3, -0.25) is 4.79 Å². The Balaban J connectivity index is 4.44. The van der Waals surface area contributed by atoms with E-state index in [1.165, 1.54) is 0 Å². The Labute approximate surface area is 111 Å². The first-order valence-electron chi connectivity index (χ1n) is 6.24. The first-order chi connectivity index (χ1) is 8.16. The summed E-state index contributed by atoms with van der Waals surface area (Å²) in [5, 5.41) is 9.15. The third-order valence-corrected chi connectivity index (χ3v) is 2.80. The molecular weight excluding hydrogens is 230 g/mol. The molecule has 1 N–H and O–H groups in total. The van der Waals surface area contributed by atoms with Gasteiger partial charge in [0.15, 0.2) is 0 Å². The Morgan fingerprint density at radius 1 is 1.33 bits per heavy atom. The lowest BCUT2D eigenvalue weighted by molar-refractivity contribution is -0.136. The summed E-state index contributed by atoms with van der Waals surface area (Å²) in [7, 11) is 0. The lowest BCUT2D eigenvalue weighted by atomic mass is 9.96. The molecule has 4 heteroatoms. The predicted molar refractivity (Wildman–Crippen MR) is 73.3 cm³/mol. The van der Waals surface area contributed by atoms with Crippen molar-refractivity contribution in [1.29, 1.82) is 0 Å². The van der Waals surface area contributed by atoms with E-state index in [-0.39, 0.29) is 23.5 Å². The molecular formula is C14H27NO3. The fourth-order valence-corrected chi connectivity index (χ4v) is 1.63. The predicted octanol–water partition coefficient (Wildman–Crippen LogP) is 1.83. The highest BCUT2D eigenvalue weighted by Crippen LogP contribution is 2.19. The zero-order chi connectivity index (χ0) is 14.4. The summed E-state index contributed by atoms with van der Waals surface area (Å²) in [5.74, 6) is 0.00455. The molecule has 0 aromatic heterocycles. The van der Waals surface area contributed by atoms with Crippen LogP contribution < -0.4 is 0 Å². The summed E-state index contributed by atoms with van der Waals surface area (Å²) in [5.41, 5.74) is -0.638. The fraction of sp³-hybridized carbons (Fsp3) is 0.786. The van der Waals surface area contributed by atoms with E-state index in [1.807, 2.05) is 27.7 Å². The zero-order valence-corrected chi connectivity index (χ0v) is 12.3. The summed E-state index contributed by atoms with van der Waals surface area (Å²) >= 11 is 0. The van der Waals surface area contributed by atoms with Crippen molar-refractivity contribution in [2.75, 3.05) is 26.4 Å². The average molecular weight is 257 g/mol. The van der Waals surface area contributed by atoms with Crippen LogP contribution in [-0.2, 0) is 9.53 Å². The number of rotatable bonds is 8. The van der Waals surface area contributed by atoms with Gasteiger partial charge in [-0.1, -0.05) is 19.9 Å². The van der Waals surface area contributed by atoms with E-state index in [0.29, 0.717) is 19.8 Å². The largest absolute Gasteiger partial charge is 0.396 e. The number of amides is 1. The van der Waals surface area contributed by atoms with Gasteiger partial charge in [-0.05, 0) is 13.8 Å². The maximum absolute atomic E-state index is 11.6. The molecule has 0 saturated carbocycles. The highest BCUT2D eigenvalue weighted by molar-refractivity contribution is 5.74. The van der Waals surface area contributed by atoms with Crippen LogP contribution in [0.15, 0.2) is 12.7 Å². The van der Waals surface area contributed by atoms with Crippen LogP contribution in [0.4, 0.5) is 0 Å². The van der Waals surface area contributed by atoms with Gasteiger partial charge in [-0.25, -0.2) is 0 Å². The molecule has 0 radical (unpaired) electrons. The third kappa shape index (κ3) is 5.65. The number of aliphatic hydroxyl groups excluding tert-OH is 1. The van der Waals surface area contributed by atoms with Crippen LogP contribution in [-0.4, -0.2) is 47.8 Å². The van der Waals surface area contributed by atoms with Crippen molar-refractivity contribution < 1.29 is 14.6 Å². The molecule has 0 aliphatic heterocycles. The number of hydrogen-bond donors (Lipinski definition) is 1. The molecule has 1 amide bonds. The lowest BCUT2D eigenvalue weighted by Gasteiger charge is -2.38. The van der Waals surface area contributed by atoms with Crippen molar-refractivity contribution in [3.63, 3.8) is 0 Å². The summed E-state index contributed by atoms with van der Waals surface area (Å²) in [6.45, 7) is 14.5. The molecule has 0 unspecified atom stereocenters. The second-order valence-corrected chi connectivity index (χ2v) is 6.05. The second kappa shape index (κ2) is 6.90. The normalized spacial score (nSPS) is 12.3. The molecule has 0 saturated heterocycles. The van der Waals surface area contributed by atoms with Crippen LogP contribution >= 0.6 is 0 Å². The summed E-state index contributed by atoms with van der Waals surface area (Å²) in [6.07, 6.45) is 1.71. The fourth-order valence-electron chi connectivity index (χ4n) is 1.63. The van der Waals surface area contributed by atoms with Crippen molar-refractivity contribution >= 4 is 5.91 Å². The second-order valence-electron chi connectivity index (χ2n) is 6.05. The van der Waals surface area contributed by atoms with Crippen LogP contribution in [0.1, 0.15) is 34.6 Å². The molecule has 0 aromatic rings. The van der Waals surface area contributed by atoms with E-state index in [1.54, 1.807) is 17.9 Å². The van der Waals surface area contributed by atoms with Crippen LogP contribution in [0.3, 0.4) is 0 Å². The molecule has 0 atom stereocenters. The van der Waals surface area contributed by atoms with Crippen LogP contribution in [0.25, 0.3) is 0 Å². The van der Waals surface area contributed by atoms with Gasteiger partial charge in [0.1, 0.15) is 0 Å². The smallest absolute Gasteiger partial charge is 0.220 e. The Morgan fingerprint density at radius 3 is 2.28 bits per heavy atom. The molecule has 0 heterocycles. The van der Waals surface area contributed by atoms with Gasteiger partial charge in [-0.2, -0.15) is 0 Å². The van der Waals surface area contributed by atoms with Gasteiger partial charge in [0.25, 0.3) is 0 Å². The van der Waals surface area contributed by atoms with Gasteiger partial charge in [0.2, 0.25) is 5.91 Å². The van der Waals surface area contributed by atoms with E-state index in [4.69, 9.17) is 9.84 Å². The maximum atomic E-state index is 11.6. The first-order valence-corrected chi connectivity index (χ1v) is 6.24. The van der Waals surface area contributed by atoms with Crippen molar-refractivity contribution in [2.24, 2.45) is 5.41 Å². The highest BCUT2D eigenvalue weighted by atomic mass is 16.5. The topological polar surface area (TPSA) is 49.8 Å². The van der Waals surface area contributed by atoms with E-state index in [0.717, 1.165) is 0 Å². The molecule has 0 aromatic carbocycles. The van der Waals surface area contributed by atoms with Gasteiger partial charge in [0.05, 0.1) is 25.4 Å². The SMILES string of the molecule is C=CCN(C(C)=O)C(C)(C)COCC(C)(C)CO. The Bertz CT molecular complexity index is 285. The van der Waals surface area contributed by atoms with E-state index in [2.05, 4.69) is 6.58 Å². The van der Waals surface area contributed by atoms with E-state index >= 15 is 0 Å². The Morgan fingerprint density at radius 2 is 1.89 bits per heavy atom. The van der Waals surface area contributed by atoms with Gasteiger partial charge < -0.3 is 14.7 Å². The number of ether oxygens (including phenoxy) is 1. The molecule has 0 aliphatic carbocycles. The standard InChI is InChI=1S/C14H27NO3/c1-7-8-15(12(2)17)14(5,6)11-18-10-13(3,4)9-16/h7,16H,1,8-11H2,2-6H3. The average Bonchev–Trinajstić information content (AvgIpc) is 2.24. The maximum Gasteiger partial charge on any atom is 0.220 e. The number of nitrogens with zero attached hydrogens (tertiary/aromatic N) is 1.